The smallest absolute Gasteiger partial charge is 0.223 e. The van der Waals surface area contributed by atoms with E-state index in [-0.39, 0.29) is 17.4 Å². The molecule has 22 heavy (non-hydrogen) atoms. The Balaban J connectivity index is 1.74. The van der Waals surface area contributed by atoms with E-state index in [2.05, 4.69) is 20.4 Å². The van der Waals surface area contributed by atoms with Gasteiger partial charge in [-0.2, -0.15) is 5.10 Å². The van der Waals surface area contributed by atoms with Gasteiger partial charge in [0.2, 0.25) is 5.95 Å². The standard InChI is InChI=1S/C14H19N5O2S/c1-10-7-15-14(16-8-11-4-6-22(20,21)9-11)18-13(10)12-3-5-17-19(12)2/h3,5,7,11H,4,6,8-9H2,1-2H3,(H,15,16,18)/t11-/m0/s1. The number of aromatic nitrogens is 4. The molecular weight excluding hydrogens is 302 g/mol. The maximum Gasteiger partial charge on any atom is 0.223 e. The summed E-state index contributed by atoms with van der Waals surface area (Å²) in [4.78, 5) is 8.81. The summed E-state index contributed by atoms with van der Waals surface area (Å²) in [6, 6.07) is 1.91. The van der Waals surface area contributed by atoms with Crippen LogP contribution in [-0.2, 0) is 16.9 Å². The fourth-order valence-corrected chi connectivity index (χ4v) is 4.52. The van der Waals surface area contributed by atoms with E-state index in [0.717, 1.165) is 17.0 Å². The van der Waals surface area contributed by atoms with Gasteiger partial charge in [0, 0.05) is 26.0 Å². The summed E-state index contributed by atoms with van der Waals surface area (Å²) in [5.41, 5.74) is 2.72. The van der Waals surface area contributed by atoms with Crippen LogP contribution in [-0.4, -0.2) is 46.2 Å². The molecule has 0 aromatic carbocycles. The largest absolute Gasteiger partial charge is 0.354 e. The van der Waals surface area contributed by atoms with E-state index in [9.17, 15) is 8.42 Å². The van der Waals surface area contributed by atoms with Crippen molar-refractivity contribution in [3.05, 3.63) is 24.0 Å². The van der Waals surface area contributed by atoms with Crippen molar-refractivity contribution in [1.29, 1.82) is 0 Å². The van der Waals surface area contributed by atoms with Gasteiger partial charge in [0.15, 0.2) is 9.84 Å². The summed E-state index contributed by atoms with van der Waals surface area (Å²) in [6.07, 6.45) is 4.20. The molecule has 0 radical (unpaired) electrons. The Morgan fingerprint density at radius 2 is 2.27 bits per heavy atom. The summed E-state index contributed by atoms with van der Waals surface area (Å²) >= 11 is 0. The Hall–Kier alpha value is -1.96. The van der Waals surface area contributed by atoms with Gasteiger partial charge in [-0.25, -0.2) is 18.4 Å². The topological polar surface area (TPSA) is 89.8 Å². The SMILES string of the molecule is Cc1cnc(NC[C@@H]2CCS(=O)(=O)C2)nc1-c1ccnn1C. The minimum atomic E-state index is -2.85. The molecule has 7 nitrogen and oxygen atoms in total. The maximum atomic E-state index is 11.5. The van der Waals surface area contributed by atoms with Gasteiger partial charge in [-0.15, -0.1) is 0 Å². The van der Waals surface area contributed by atoms with E-state index in [0.29, 0.717) is 18.9 Å². The van der Waals surface area contributed by atoms with Crippen molar-refractivity contribution in [2.75, 3.05) is 23.4 Å². The summed E-state index contributed by atoms with van der Waals surface area (Å²) in [7, 11) is -0.980. The van der Waals surface area contributed by atoms with Crippen molar-refractivity contribution >= 4 is 15.8 Å². The van der Waals surface area contributed by atoms with Gasteiger partial charge < -0.3 is 5.32 Å². The van der Waals surface area contributed by atoms with E-state index >= 15 is 0 Å². The lowest BCUT2D eigenvalue weighted by molar-refractivity contribution is 0.595. The zero-order chi connectivity index (χ0) is 15.7. The van der Waals surface area contributed by atoms with E-state index in [1.807, 2.05) is 20.0 Å². The number of nitrogens with zero attached hydrogens (tertiary/aromatic N) is 4. The minimum Gasteiger partial charge on any atom is -0.354 e. The predicted octanol–water partition coefficient (Wildman–Crippen LogP) is 1.03. The highest BCUT2D eigenvalue weighted by Gasteiger charge is 2.27. The molecule has 118 valence electrons. The highest BCUT2D eigenvalue weighted by atomic mass is 32.2. The number of hydrogen-bond acceptors (Lipinski definition) is 6. The van der Waals surface area contributed by atoms with Crippen LogP contribution < -0.4 is 5.32 Å². The van der Waals surface area contributed by atoms with Crippen molar-refractivity contribution in [3.63, 3.8) is 0 Å². The van der Waals surface area contributed by atoms with E-state index < -0.39 is 9.84 Å². The second-order valence-corrected chi connectivity index (χ2v) is 7.94. The fourth-order valence-electron chi connectivity index (χ4n) is 2.66. The molecule has 1 saturated heterocycles. The minimum absolute atomic E-state index is 0.134. The molecule has 2 aromatic rings. The van der Waals surface area contributed by atoms with Crippen LogP contribution in [0.5, 0.6) is 0 Å². The molecule has 0 bridgehead atoms. The molecule has 3 heterocycles. The Kier molecular flexibility index (Phi) is 3.86. The van der Waals surface area contributed by atoms with Gasteiger partial charge in [-0.05, 0) is 30.9 Å². The van der Waals surface area contributed by atoms with Gasteiger partial charge in [0.25, 0.3) is 0 Å². The molecule has 8 heteroatoms. The van der Waals surface area contributed by atoms with Crippen molar-refractivity contribution in [2.45, 2.75) is 13.3 Å². The van der Waals surface area contributed by atoms with Crippen LogP contribution >= 0.6 is 0 Å². The third kappa shape index (κ3) is 3.11. The van der Waals surface area contributed by atoms with Crippen LogP contribution in [0.4, 0.5) is 5.95 Å². The first-order valence-corrected chi connectivity index (χ1v) is 9.03. The van der Waals surface area contributed by atoms with Gasteiger partial charge in [0.05, 0.1) is 22.9 Å². The van der Waals surface area contributed by atoms with Gasteiger partial charge in [0.1, 0.15) is 0 Å². The first-order valence-electron chi connectivity index (χ1n) is 7.21. The molecule has 1 N–H and O–H groups in total. The van der Waals surface area contributed by atoms with Crippen LogP contribution in [0, 0.1) is 12.8 Å². The summed E-state index contributed by atoms with van der Waals surface area (Å²) in [5.74, 6) is 1.19. The van der Waals surface area contributed by atoms with Crippen molar-refractivity contribution in [2.24, 2.45) is 13.0 Å². The molecular formula is C14H19N5O2S. The lowest BCUT2D eigenvalue weighted by Crippen LogP contribution is -2.17. The second kappa shape index (κ2) is 5.68. The highest BCUT2D eigenvalue weighted by Crippen LogP contribution is 2.22. The Morgan fingerprint density at radius 3 is 2.91 bits per heavy atom. The lowest BCUT2D eigenvalue weighted by Gasteiger charge is -2.11. The number of anilines is 1. The molecule has 0 amide bonds. The van der Waals surface area contributed by atoms with Crippen LogP contribution in [0.15, 0.2) is 18.5 Å². The molecule has 0 aliphatic carbocycles. The predicted molar refractivity (Wildman–Crippen MR) is 84.2 cm³/mol. The first kappa shape index (κ1) is 15.0. The number of aryl methyl sites for hydroxylation is 2. The highest BCUT2D eigenvalue weighted by molar-refractivity contribution is 7.91. The molecule has 2 aromatic heterocycles. The monoisotopic (exact) mass is 321 g/mol. The molecule has 1 fully saturated rings. The van der Waals surface area contributed by atoms with Crippen LogP contribution in [0.2, 0.25) is 0 Å². The summed E-state index contributed by atoms with van der Waals surface area (Å²) in [5, 5.41) is 7.31. The molecule has 0 unspecified atom stereocenters. The van der Waals surface area contributed by atoms with Crippen molar-refractivity contribution in [1.82, 2.24) is 19.7 Å². The Labute approximate surface area is 129 Å². The Morgan fingerprint density at radius 1 is 1.45 bits per heavy atom. The lowest BCUT2D eigenvalue weighted by atomic mass is 10.1. The van der Waals surface area contributed by atoms with E-state index in [1.54, 1.807) is 17.1 Å². The van der Waals surface area contributed by atoms with Gasteiger partial charge >= 0.3 is 0 Å². The molecule has 3 rings (SSSR count). The summed E-state index contributed by atoms with van der Waals surface area (Å²) < 4.78 is 24.7. The van der Waals surface area contributed by atoms with Crippen molar-refractivity contribution < 1.29 is 8.42 Å². The fraction of sp³-hybridized carbons (Fsp3) is 0.500. The van der Waals surface area contributed by atoms with E-state index in [4.69, 9.17) is 0 Å². The molecule has 1 aliphatic rings. The second-order valence-electron chi connectivity index (χ2n) is 5.72. The third-order valence-corrected chi connectivity index (χ3v) is 5.75. The molecule has 0 spiro atoms. The number of rotatable bonds is 4. The van der Waals surface area contributed by atoms with Crippen LogP contribution in [0.1, 0.15) is 12.0 Å². The van der Waals surface area contributed by atoms with Crippen LogP contribution in [0.25, 0.3) is 11.4 Å². The normalized spacial score (nSPS) is 20.2. The molecule has 0 saturated carbocycles. The number of nitrogens with one attached hydrogen (secondary N) is 1. The van der Waals surface area contributed by atoms with E-state index in [1.165, 1.54) is 0 Å². The summed E-state index contributed by atoms with van der Waals surface area (Å²) in [6.45, 7) is 2.53. The molecule has 1 aliphatic heterocycles. The first-order chi connectivity index (χ1) is 10.4. The zero-order valence-electron chi connectivity index (χ0n) is 12.7. The molecule has 1 atom stereocenters. The van der Waals surface area contributed by atoms with Crippen LogP contribution in [0.3, 0.4) is 0 Å². The quantitative estimate of drug-likeness (QED) is 0.904. The maximum absolute atomic E-state index is 11.5. The average Bonchev–Trinajstić information content (AvgIpc) is 3.03. The zero-order valence-corrected chi connectivity index (χ0v) is 13.5. The third-order valence-electron chi connectivity index (χ3n) is 3.91. The Bertz CT molecular complexity index is 784. The van der Waals surface area contributed by atoms with Gasteiger partial charge in [-0.1, -0.05) is 0 Å². The average molecular weight is 321 g/mol. The number of hydrogen-bond donors (Lipinski definition) is 1. The van der Waals surface area contributed by atoms with Crippen molar-refractivity contribution in [3.8, 4) is 11.4 Å². The number of sulfone groups is 1. The van der Waals surface area contributed by atoms with Gasteiger partial charge in [-0.3, -0.25) is 4.68 Å².